The minimum absolute atomic E-state index is 0.0103. The molecule has 2 aromatic carbocycles. The summed E-state index contributed by atoms with van der Waals surface area (Å²) in [6.45, 7) is 1.96. The summed E-state index contributed by atoms with van der Waals surface area (Å²) < 4.78 is 0. The largest absolute Gasteiger partial charge is 0.504 e. The first-order valence-electron chi connectivity index (χ1n) is 5.33. The summed E-state index contributed by atoms with van der Waals surface area (Å²) in [7, 11) is 0. The summed E-state index contributed by atoms with van der Waals surface area (Å²) in [5.41, 5.74) is 2.80. The fourth-order valence-electron chi connectivity index (χ4n) is 1.87. The quantitative estimate of drug-likeness (QED) is 0.753. The summed E-state index contributed by atoms with van der Waals surface area (Å²) in [4.78, 5) is 0. The Hall–Kier alpha value is -1.96. The number of phenols is 2. The Morgan fingerprint density at radius 1 is 0.938 bits per heavy atom. The van der Waals surface area contributed by atoms with Gasteiger partial charge in [-0.3, -0.25) is 0 Å². The number of aromatic hydroxyl groups is 2. The van der Waals surface area contributed by atoms with Crippen LogP contribution in [0.3, 0.4) is 0 Å². The second kappa shape index (κ2) is 4.27. The smallest absolute Gasteiger partial charge is 0.161 e. The fraction of sp³-hybridized carbons (Fsp3) is 0.143. The SMILES string of the molecule is CCc1c(-c2ccccc2)ccc(O)c1O. The standard InChI is InChI=1S/C14H14O2/c1-2-11-12(8-9-13(15)14(11)16)10-6-4-3-5-7-10/h3-9,15-16H,2H2,1H3. The molecule has 0 spiro atoms. The predicted octanol–water partition coefficient (Wildman–Crippen LogP) is 3.33. The van der Waals surface area contributed by atoms with Gasteiger partial charge in [0.25, 0.3) is 0 Å². The van der Waals surface area contributed by atoms with Crippen LogP contribution < -0.4 is 0 Å². The zero-order chi connectivity index (χ0) is 11.5. The predicted molar refractivity (Wildman–Crippen MR) is 64.6 cm³/mol. The number of benzene rings is 2. The molecule has 0 aromatic heterocycles. The van der Waals surface area contributed by atoms with Gasteiger partial charge in [0.05, 0.1) is 0 Å². The molecular weight excluding hydrogens is 200 g/mol. The van der Waals surface area contributed by atoms with E-state index in [9.17, 15) is 10.2 Å². The molecule has 2 nitrogen and oxygen atoms in total. The van der Waals surface area contributed by atoms with Gasteiger partial charge in [-0.2, -0.15) is 0 Å². The molecule has 16 heavy (non-hydrogen) atoms. The minimum Gasteiger partial charge on any atom is -0.504 e. The second-order valence-electron chi connectivity index (χ2n) is 3.68. The number of hydrogen-bond donors (Lipinski definition) is 2. The average molecular weight is 214 g/mol. The molecule has 2 rings (SSSR count). The van der Waals surface area contributed by atoms with Crippen molar-refractivity contribution in [3.8, 4) is 22.6 Å². The maximum atomic E-state index is 9.79. The summed E-state index contributed by atoms with van der Waals surface area (Å²) in [5.74, 6) is -0.0691. The third-order valence-corrected chi connectivity index (χ3v) is 2.70. The molecule has 0 fully saturated rings. The molecule has 0 aliphatic carbocycles. The lowest BCUT2D eigenvalue weighted by molar-refractivity contribution is 0.400. The summed E-state index contributed by atoms with van der Waals surface area (Å²) in [5, 5.41) is 19.2. The molecular formula is C14H14O2. The van der Waals surface area contributed by atoms with Crippen LogP contribution in [0.1, 0.15) is 12.5 Å². The van der Waals surface area contributed by atoms with Crippen LogP contribution in [0.4, 0.5) is 0 Å². The van der Waals surface area contributed by atoms with Crippen molar-refractivity contribution in [3.05, 3.63) is 48.0 Å². The van der Waals surface area contributed by atoms with Gasteiger partial charge in [0, 0.05) is 5.56 Å². The molecule has 0 aliphatic rings. The summed E-state index contributed by atoms with van der Waals surface area (Å²) >= 11 is 0. The van der Waals surface area contributed by atoms with E-state index in [0.29, 0.717) is 6.42 Å². The lowest BCUT2D eigenvalue weighted by Gasteiger charge is -2.11. The van der Waals surface area contributed by atoms with Gasteiger partial charge in [0.15, 0.2) is 11.5 Å². The molecule has 0 saturated carbocycles. The Morgan fingerprint density at radius 2 is 1.62 bits per heavy atom. The highest BCUT2D eigenvalue weighted by Gasteiger charge is 2.11. The summed E-state index contributed by atoms with van der Waals surface area (Å²) in [6, 6.07) is 13.2. The molecule has 0 unspecified atom stereocenters. The highest BCUT2D eigenvalue weighted by Crippen LogP contribution is 2.36. The van der Waals surface area contributed by atoms with Gasteiger partial charge in [-0.25, -0.2) is 0 Å². The molecule has 0 amide bonds. The minimum atomic E-state index is -0.0588. The Balaban J connectivity index is 2.62. The van der Waals surface area contributed by atoms with Gasteiger partial charge in [-0.05, 0) is 23.6 Å². The third kappa shape index (κ3) is 1.74. The molecule has 0 bridgehead atoms. The fourth-order valence-corrected chi connectivity index (χ4v) is 1.87. The average Bonchev–Trinajstić information content (AvgIpc) is 2.33. The Bertz CT molecular complexity index is 490. The van der Waals surface area contributed by atoms with Crippen LogP contribution >= 0.6 is 0 Å². The van der Waals surface area contributed by atoms with Crippen LogP contribution in [-0.2, 0) is 6.42 Å². The van der Waals surface area contributed by atoms with Gasteiger partial charge >= 0.3 is 0 Å². The van der Waals surface area contributed by atoms with Crippen molar-refractivity contribution >= 4 is 0 Å². The number of phenolic OH excluding ortho intramolecular Hbond substituents is 2. The first kappa shape index (κ1) is 10.6. The Kier molecular flexibility index (Phi) is 2.82. The zero-order valence-electron chi connectivity index (χ0n) is 9.14. The van der Waals surface area contributed by atoms with Crippen molar-refractivity contribution < 1.29 is 10.2 Å². The van der Waals surface area contributed by atoms with Gasteiger partial charge < -0.3 is 10.2 Å². The van der Waals surface area contributed by atoms with Crippen LogP contribution in [0.15, 0.2) is 42.5 Å². The number of hydrogen-bond acceptors (Lipinski definition) is 2. The van der Waals surface area contributed by atoms with Gasteiger partial charge in [-0.15, -0.1) is 0 Å². The van der Waals surface area contributed by atoms with Crippen molar-refractivity contribution in [2.24, 2.45) is 0 Å². The van der Waals surface area contributed by atoms with E-state index < -0.39 is 0 Å². The first-order valence-corrected chi connectivity index (χ1v) is 5.33. The molecule has 0 aliphatic heterocycles. The molecule has 0 radical (unpaired) electrons. The van der Waals surface area contributed by atoms with E-state index in [1.165, 1.54) is 6.07 Å². The summed E-state index contributed by atoms with van der Waals surface area (Å²) in [6.07, 6.45) is 0.685. The van der Waals surface area contributed by atoms with E-state index in [1.807, 2.05) is 43.3 Å². The van der Waals surface area contributed by atoms with Gasteiger partial charge in [-0.1, -0.05) is 43.3 Å². The highest BCUT2D eigenvalue weighted by molar-refractivity contribution is 5.72. The van der Waals surface area contributed by atoms with Crippen molar-refractivity contribution in [1.29, 1.82) is 0 Å². The van der Waals surface area contributed by atoms with Crippen LogP contribution in [0, 0.1) is 0 Å². The van der Waals surface area contributed by atoms with E-state index in [-0.39, 0.29) is 11.5 Å². The van der Waals surface area contributed by atoms with Crippen molar-refractivity contribution in [1.82, 2.24) is 0 Å². The monoisotopic (exact) mass is 214 g/mol. The zero-order valence-corrected chi connectivity index (χ0v) is 9.14. The maximum absolute atomic E-state index is 9.79. The molecule has 82 valence electrons. The second-order valence-corrected chi connectivity index (χ2v) is 3.68. The lowest BCUT2D eigenvalue weighted by atomic mass is 9.97. The molecule has 2 heteroatoms. The van der Waals surface area contributed by atoms with Crippen LogP contribution in [-0.4, -0.2) is 10.2 Å². The topological polar surface area (TPSA) is 40.5 Å². The van der Waals surface area contributed by atoms with Crippen LogP contribution in [0.5, 0.6) is 11.5 Å². The van der Waals surface area contributed by atoms with Gasteiger partial charge in [0.2, 0.25) is 0 Å². The molecule has 0 atom stereocenters. The Labute approximate surface area is 94.8 Å². The first-order chi connectivity index (χ1) is 7.74. The van der Waals surface area contributed by atoms with Gasteiger partial charge in [0.1, 0.15) is 0 Å². The van der Waals surface area contributed by atoms with E-state index in [4.69, 9.17) is 0 Å². The Morgan fingerprint density at radius 3 is 2.25 bits per heavy atom. The van der Waals surface area contributed by atoms with E-state index >= 15 is 0 Å². The number of rotatable bonds is 2. The van der Waals surface area contributed by atoms with Crippen molar-refractivity contribution in [2.75, 3.05) is 0 Å². The maximum Gasteiger partial charge on any atom is 0.161 e. The van der Waals surface area contributed by atoms with E-state index in [0.717, 1.165) is 16.7 Å². The van der Waals surface area contributed by atoms with Crippen molar-refractivity contribution in [3.63, 3.8) is 0 Å². The van der Waals surface area contributed by atoms with Crippen LogP contribution in [0.2, 0.25) is 0 Å². The molecule has 2 N–H and O–H groups in total. The van der Waals surface area contributed by atoms with E-state index in [1.54, 1.807) is 0 Å². The third-order valence-electron chi connectivity index (χ3n) is 2.70. The highest BCUT2D eigenvalue weighted by atomic mass is 16.3. The molecule has 2 aromatic rings. The normalized spacial score (nSPS) is 10.3. The van der Waals surface area contributed by atoms with Crippen molar-refractivity contribution in [2.45, 2.75) is 13.3 Å². The molecule has 0 saturated heterocycles. The van der Waals surface area contributed by atoms with Crippen LogP contribution in [0.25, 0.3) is 11.1 Å². The molecule has 0 heterocycles. The lowest BCUT2D eigenvalue weighted by Crippen LogP contribution is -1.88. The van der Waals surface area contributed by atoms with E-state index in [2.05, 4.69) is 0 Å².